The number of hydrogen-bond acceptors (Lipinski definition) is 21. The van der Waals surface area contributed by atoms with E-state index >= 15 is 0 Å². The Hall–Kier alpha value is -4.80. The maximum absolute atomic E-state index is 12.4. The lowest BCUT2D eigenvalue weighted by Gasteiger charge is -2.12. The van der Waals surface area contributed by atoms with Gasteiger partial charge in [-0.05, 0) is 55.0 Å². The molecule has 0 fully saturated rings. The fourth-order valence-electron chi connectivity index (χ4n) is 4.78. The minimum absolute atomic E-state index is 0.0394. The van der Waals surface area contributed by atoms with E-state index < -0.39 is 117 Å². The van der Waals surface area contributed by atoms with Crippen LogP contribution in [0.3, 0.4) is 0 Å². The molecule has 0 radical (unpaired) electrons. The van der Waals surface area contributed by atoms with Crippen LogP contribution in [0.5, 0.6) is 11.5 Å². The Bertz CT molecular complexity index is 3010. The molecule has 4 rings (SSSR count). The zero-order valence-electron chi connectivity index (χ0n) is 29.9. The summed E-state index contributed by atoms with van der Waals surface area (Å²) < 4.78 is 187. The third-order valence-corrected chi connectivity index (χ3v) is 13.6. The number of anilines is 3. The predicted molar refractivity (Wildman–Crippen MR) is 206 cm³/mol. The Morgan fingerprint density at radius 1 is 0.610 bits per heavy atom. The summed E-state index contributed by atoms with van der Waals surface area (Å²) in [6, 6.07) is 8.17. The third-order valence-electron chi connectivity index (χ3n) is 7.43. The van der Waals surface area contributed by atoms with Crippen molar-refractivity contribution in [2.45, 2.75) is 26.5 Å². The fourth-order valence-corrected chi connectivity index (χ4v) is 9.42. The first kappa shape index (κ1) is 48.6. The number of ether oxygens (including phenoxy) is 1. The van der Waals surface area contributed by atoms with Gasteiger partial charge in [-0.25, -0.2) is 25.2 Å². The van der Waals surface area contributed by atoms with E-state index in [1.54, 1.807) is 6.92 Å². The van der Waals surface area contributed by atoms with E-state index in [-0.39, 0.29) is 38.5 Å². The Labute approximate surface area is 336 Å². The first-order chi connectivity index (χ1) is 26.8. The highest BCUT2D eigenvalue weighted by molar-refractivity contribution is 7.92. The summed E-state index contributed by atoms with van der Waals surface area (Å²) >= 11 is 0. The van der Waals surface area contributed by atoms with Gasteiger partial charge in [0.2, 0.25) is 0 Å². The quantitative estimate of drug-likeness (QED) is 0.0361. The van der Waals surface area contributed by atoms with Gasteiger partial charge in [0, 0.05) is 16.8 Å². The van der Waals surface area contributed by atoms with E-state index in [2.05, 4.69) is 18.6 Å². The van der Waals surface area contributed by atoms with Gasteiger partial charge in [0.1, 0.15) is 32.7 Å². The molecule has 0 aromatic heterocycles. The number of methoxy groups -OCH3 is 1. The second-order valence-corrected chi connectivity index (χ2v) is 20.7. The number of sulfone groups is 2. The number of phenolic OH excluding ortho intramolecular Hbond substituents is 1. The van der Waals surface area contributed by atoms with Crippen molar-refractivity contribution in [3.05, 3.63) is 54.1 Å². The Morgan fingerprint density at radius 2 is 1.15 bits per heavy atom. The SMILES string of the molecule is COc1cc(S(=O)(=O)CCOS(=O)(=O)O)c(C)cc1N.Nc1ccc2c(O)c(N)c(S(=O)(=O)O)cc2c1N=Nc1ccc(S(=O)(=O)CCOS(=O)(=O)O)cc1S(=O)(=O)O. The van der Waals surface area contributed by atoms with E-state index in [0.717, 1.165) is 18.2 Å². The van der Waals surface area contributed by atoms with Crippen LogP contribution in [0.2, 0.25) is 0 Å². The zero-order valence-corrected chi connectivity index (χ0v) is 34.8. The Balaban J connectivity index is 0.000000391. The van der Waals surface area contributed by atoms with Crippen LogP contribution in [0.15, 0.2) is 78.3 Å². The molecule has 31 heteroatoms. The molecule has 4 aromatic rings. The van der Waals surface area contributed by atoms with Crippen molar-refractivity contribution >= 4 is 99.9 Å². The number of aryl methyl sites for hydroxylation is 1. The topological polar surface area (TPSA) is 436 Å². The first-order valence-corrected chi connectivity index (χ1v) is 24.2. The van der Waals surface area contributed by atoms with Gasteiger partial charge in [-0.15, -0.1) is 10.2 Å². The number of rotatable bonds is 15. The minimum atomic E-state index is -5.14. The van der Waals surface area contributed by atoms with Crippen molar-refractivity contribution in [3.63, 3.8) is 0 Å². The molecule has 0 aliphatic heterocycles. The van der Waals surface area contributed by atoms with E-state index in [4.69, 9.17) is 31.0 Å². The van der Waals surface area contributed by atoms with Gasteiger partial charge in [0.15, 0.2) is 19.7 Å². The number of nitrogens with two attached hydrogens (primary N) is 3. The summed E-state index contributed by atoms with van der Waals surface area (Å²) in [4.78, 5) is -2.67. The minimum Gasteiger partial charge on any atom is -0.505 e. The number of benzene rings is 4. The Morgan fingerprint density at radius 3 is 1.66 bits per heavy atom. The van der Waals surface area contributed by atoms with Crippen LogP contribution in [0.4, 0.5) is 28.4 Å². The van der Waals surface area contributed by atoms with E-state index in [1.165, 1.54) is 31.4 Å². The molecule has 0 saturated carbocycles. The zero-order chi connectivity index (χ0) is 45.1. The largest absolute Gasteiger partial charge is 0.505 e. The lowest BCUT2D eigenvalue weighted by molar-refractivity contribution is 0.282. The number of aromatic hydroxyl groups is 1. The molecule has 0 spiro atoms. The van der Waals surface area contributed by atoms with Crippen molar-refractivity contribution in [3.8, 4) is 11.5 Å². The van der Waals surface area contributed by atoms with Crippen molar-refractivity contribution < 1.29 is 86.9 Å². The maximum Gasteiger partial charge on any atom is 0.397 e. The predicted octanol–water partition coefficient (Wildman–Crippen LogP) is 1.39. The smallest absolute Gasteiger partial charge is 0.397 e. The average molecular weight is 952 g/mol. The molecule has 0 saturated heterocycles. The van der Waals surface area contributed by atoms with Crippen LogP contribution in [0, 0.1) is 6.92 Å². The molecular weight excluding hydrogens is 919 g/mol. The van der Waals surface area contributed by atoms with Crippen molar-refractivity contribution in [1.82, 2.24) is 0 Å². The van der Waals surface area contributed by atoms with Gasteiger partial charge < -0.3 is 27.0 Å². The second-order valence-electron chi connectivity index (χ2n) is 11.5. The second kappa shape index (κ2) is 17.8. The standard InChI is InChI=1S/C18H18N4O13S4.C10H15NO7S2/c19-12-3-2-10-11(8-15(38(29,30)31)16(20)18(10)23)17(12)22-21-13-4-1-9(7-14(13)37(26,27)28)36(24,25)6-5-35-39(32,33)34;1-7-5-8(11)9(17-2)6-10(7)19(12,13)4-3-18-20(14,15)16/h1-4,7-8,23H,5-6,19-20H2,(H,26,27,28)(H,29,30,31)(H,32,33,34);5-6H,3-4,11H2,1-2H3,(H,14,15,16). The van der Waals surface area contributed by atoms with Gasteiger partial charge in [-0.3, -0.25) is 18.2 Å². The van der Waals surface area contributed by atoms with Crippen LogP contribution in [-0.4, -0.2) is 106 Å². The van der Waals surface area contributed by atoms with Gasteiger partial charge in [-0.1, -0.05) is 0 Å². The number of phenols is 1. The van der Waals surface area contributed by atoms with Crippen molar-refractivity contribution in [2.75, 3.05) is 49.0 Å². The number of fused-ring (bicyclic) bond motifs is 1. The normalized spacial score (nSPS) is 13.0. The average Bonchev–Trinajstić information content (AvgIpc) is 3.07. The van der Waals surface area contributed by atoms with Gasteiger partial charge in [0.05, 0.1) is 58.7 Å². The van der Waals surface area contributed by atoms with E-state index in [0.29, 0.717) is 11.6 Å². The number of nitrogens with zero attached hydrogens (tertiary/aromatic N) is 2. The molecular formula is C28H33N5O20S6. The molecule has 326 valence electrons. The summed E-state index contributed by atoms with van der Waals surface area (Å²) in [6.07, 6.45) is 0. The van der Waals surface area contributed by atoms with Crippen LogP contribution < -0.4 is 21.9 Å². The molecule has 25 nitrogen and oxygen atoms in total. The molecule has 11 N–H and O–H groups in total. The number of azo groups is 1. The summed E-state index contributed by atoms with van der Waals surface area (Å²) in [5.41, 5.74) is 16.0. The molecule has 0 amide bonds. The molecule has 0 atom stereocenters. The molecule has 0 aliphatic rings. The highest BCUT2D eigenvalue weighted by atomic mass is 32.3. The molecule has 0 unspecified atom stereocenters. The molecule has 4 aromatic carbocycles. The maximum atomic E-state index is 12.4. The molecule has 0 aliphatic carbocycles. The van der Waals surface area contributed by atoms with Gasteiger partial charge in [-0.2, -0.15) is 33.7 Å². The first-order valence-electron chi connectivity index (χ1n) is 15.3. The summed E-state index contributed by atoms with van der Waals surface area (Å²) in [5.74, 6) is -2.17. The van der Waals surface area contributed by atoms with Crippen molar-refractivity contribution in [2.24, 2.45) is 10.2 Å². The summed E-state index contributed by atoms with van der Waals surface area (Å²) in [6.45, 7) is -0.146. The molecule has 0 heterocycles. The highest BCUT2D eigenvalue weighted by Crippen LogP contribution is 2.43. The Kier molecular flexibility index (Phi) is 14.7. The monoisotopic (exact) mass is 951 g/mol. The summed E-state index contributed by atoms with van der Waals surface area (Å²) in [7, 11) is -26.5. The number of hydrogen-bond donors (Lipinski definition) is 8. The molecule has 59 heavy (non-hydrogen) atoms. The van der Waals surface area contributed by atoms with Gasteiger partial charge in [0.25, 0.3) is 20.2 Å². The number of nitrogen functional groups attached to an aromatic ring is 3. The summed E-state index contributed by atoms with van der Waals surface area (Å²) in [5, 5.41) is 17.5. The van der Waals surface area contributed by atoms with E-state index in [9.17, 15) is 64.7 Å². The van der Waals surface area contributed by atoms with E-state index in [1.807, 2.05) is 0 Å². The van der Waals surface area contributed by atoms with Crippen LogP contribution in [0.1, 0.15) is 5.56 Å². The van der Waals surface area contributed by atoms with Crippen LogP contribution >= 0.6 is 0 Å². The lowest BCUT2D eigenvalue weighted by Crippen LogP contribution is -2.16. The van der Waals surface area contributed by atoms with Gasteiger partial charge >= 0.3 is 20.8 Å². The van der Waals surface area contributed by atoms with Crippen LogP contribution in [-0.2, 0) is 69.1 Å². The highest BCUT2D eigenvalue weighted by Gasteiger charge is 2.25. The third kappa shape index (κ3) is 12.8. The fraction of sp³-hybridized carbons (Fsp3) is 0.214. The lowest BCUT2D eigenvalue weighted by atomic mass is 10.1. The van der Waals surface area contributed by atoms with Crippen LogP contribution in [0.25, 0.3) is 10.8 Å². The molecule has 0 bridgehead atoms. The van der Waals surface area contributed by atoms with Crippen molar-refractivity contribution in [1.29, 1.82) is 0 Å².